The first kappa shape index (κ1) is 14.8. The van der Waals surface area contributed by atoms with E-state index in [0.717, 1.165) is 19.4 Å². The third-order valence-electron chi connectivity index (χ3n) is 2.21. The maximum atomic E-state index is 8.93. The van der Waals surface area contributed by atoms with Gasteiger partial charge in [-0.2, -0.15) is 0 Å². The molecule has 0 aliphatic rings. The van der Waals surface area contributed by atoms with Crippen LogP contribution < -0.4 is 5.73 Å². The average molecular weight is 219 g/mol. The smallest absolute Gasteiger partial charge is 0.0780 e. The summed E-state index contributed by atoms with van der Waals surface area (Å²) >= 11 is 0. The fraction of sp³-hybridized carbons (Fsp3) is 1.00. The molecule has 0 bridgehead atoms. The summed E-state index contributed by atoms with van der Waals surface area (Å²) in [6, 6.07) is 0. The molecule has 4 heteroatoms. The van der Waals surface area contributed by atoms with Gasteiger partial charge in [-0.15, -0.1) is 0 Å². The van der Waals surface area contributed by atoms with Crippen LogP contribution in [0.1, 0.15) is 33.6 Å². The number of ether oxygens (including phenoxy) is 2. The van der Waals surface area contributed by atoms with Crippen LogP contribution in [0.4, 0.5) is 0 Å². The highest BCUT2D eigenvalue weighted by atomic mass is 16.5. The zero-order chi connectivity index (χ0) is 11.7. The summed E-state index contributed by atoms with van der Waals surface area (Å²) in [7, 11) is 0. The summed E-state index contributed by atoms with van der Waals surface area (Å²) < 4.78 is 10.7. The SMILES string of the molecule is CCOCC(C)OCCCC(C)(N)CO. The maximum Gasteiger partial charge on any atom is 0.0780 e. The molecular weight excluding hydrogens is 194 g/mol. The Hall–Kier alpha value is -0.160. The van der Waals surface area contributed by atoms with E-state index in [0.29, 0.717) is 13.2 Å². The van der Waals surface area contributed by atoms with Crippen molar-refractivity contribution in [2.75, 3.05) is 26.4 Å². The molecule has 4 nitrogen and oxygen atoms in total. The summed E-state index contributed by atoms with van der Waals surface area (Å²) in [5.41, 5.74) is 5.30. The molecule has 3 N–H and O–H groups in total. The van der Waals surface area contributed by atoms with Crippen LogP contribution in [0.5, 0.6) is 0 Å². The molecule has 0 aliphatic heterocycles. The van der Waals surface area contributed by atoms with E-state index in [1.54, 1.807) is 0 Å². The van der Waals surface area contributed by atoms with E-state index < -0.39 is 5.54 Å². The lowest BCUT2D eigenvalue weighted by atomic mass is 9.99. The molecule has 0 heterocycles. The fourth-order valence-electron chi connectivity index (χ4n) is 1.17. The van der Waals surface area contributed by atoms with Gasteiger partial charge >= 0.3 is 0 Å². The summed E-state index contributed by atoms with van der Waals surface area (Å²) in [5, 5.41) is 8.93. The Balaban J connectivity index is 3.37. The van der Waals surface area contributed by atoms with Gasteiger partial charge in [-0.1, -0.05) is 0 Å². The molecule has 0 aromatic carbocycles. The number of aliphatic hydroxyl groups is 1. The monoisotopic (exact) mass is 219 g/mol. The van der Waals surface area contributed by atoms with E-state index >= 15 is 0 Å². The molecule has 0 aromatic rings. The standard InChI is InChI=1S/C11H25NO3/c1-4-14-8-10(2)15-7-5-6-11(3,12)9-13/h10,13H,4-9,12H2,1-3H3. The molecular formula is C11H25NO3. The molecule has 0 amide bonds. The molecule has 0 spiro atoms. The summed E-state index contributed by atoms with van der Waals surface area (Å²) in [6.45, 7) is 7.84. The minimum Gasteiger partial charge on any atom is -0.394 e. The first-order valence-corrected chi connectivity index (χ1v) is 5.61. The van der Waals surface area contributed by atoms with Gasteiger partial charge in [-0.3, -0.25) is 0 Å². The van der Waals surface area contributed by atoms with Crippen LogP contribution in [0.3, 0.4) is 0 Å². The second-order valence-corrected chi connectivity index (χ2v) is 4.26. The van der Waals surface area contributed by atoms with Crippen molar-refractivity contribution in [1.29, 1.82) is 0 Å². The van der Waals surface area contributed by atoms with Crippen LogP contribution >= 0.6 is 0 Å². The van der Waals surface area contributed by atoms with E-state index in [9.17, 15) is 0 Å². The van der Waals surface area contributed by atoms with E-state index in [2.05, 4.69) is 0 Å². The molecule has 15 heavy (non-hydrogen) atoms. The topological polar surface area (TPSA) is 64.7 Å². The molecule has 0 aliphatic carbocycles. The Kier molecular flexibility index (Phi) is 7.96. The highest BCUT2D eigenvalue weighted by Crippen LogP contribution is 2.08. The van der Waals surface area contributed by atoms with Crippen LogP contribution in [0.2, 0.25) is 0 Å². The van der Waals surface area contributed by atoms with Crippen LogP contribution in [-0.2, 0) is 9.47 Å². The maximum absolute atomic E-state index is 8.93. The van der Waals surface area contributed by atoms with Crippen LogP contribution in [0, 0.1) is 0 Å². The van der Waals surface area contributed by atoms with E-state index in [-0.39, 0.29) is 12.7 Å². The van der Waals surface area contributed by atoms with Crippen molar-refractivity contribution in [2.45, 2.75) is 45.3 Å². The molecule has 0 saturated heterocycles. The van der Waals surface area contributed by atoms with Gasteiger partial charge in [0.05, 0.1) is 19.3 Å². The first-order valence-electron chi connectivity index (χ1n) is 5.61. The quantitative estimate of drug-likeness (QED) is 0.566. The van der Waals surface area contributed by atoms with Crippen molar-refractivity contribution in [1.82, 2.24) is 0 Å². The van der Waals surface area contributed by atoms with Gasteiger partial charge in [-0.25, -0.2) is 0 Å². The van der Waals surface area contributed by atoms with E-state index in [1.165, 1.54) is 0 Å². The van der Waals surface area contributed by atoms with E-state index in [1.807, 2.05) is 20.8 Å². The second-order valence-electron chi connectivity index (χ2n) is 4.26. The Labute approximate surface area is 92.7 Å². The molecule has 92 valence electrons. The third-order valence-corrected chi connectivity index (χ3v) is 2.21. The highest BCUT2D eigenvalue weighted by Gasteiger charge is 2.16. The minimum atomic E-state index is -0.480. The minimum absolute atomic E-state index is 0.0154. The second kappa shape index (κ2) is 8.05. The predicted molar refractivity (Wildman–Crippen MR) is 60.8 cm³/mol. The Morgan fingerprint density at radius 2 is 2.13 bits per heavy atom. The van der Waals surface area contributed by atoms with Crippen LogP contribution in [0.25, 0.3) is 0 Å². The summed E-state index contributed by atoms with van der Waals surface area (Å²) in [4.78, 5) is 0. The van der Waals surface area contributed by atoms with Crippen molar-refractivity contribution >= 4 is 0 Å². The van der Waals surface area contributed by atoms with Crippen LogP contribution in [0.15, 0.2) is 0 Å². The molecule has 0 saturated carbocycles. The highest BCUT2D eigenvalue weighted by molar-refractivity contribution is 4.76. The number of nitrogens with two attached hydrogens (primary N) is 1. The molecule has 0 fully saturated rings. The van der Waals surface area contributed by atoms with Crippen molar-refractivity contribution in [3.8, 4) is 0 Å². The molecule has 0 rings (SSSR count). The lowest BCUT2D eigenvalue weighted by Crippen LogP contribution is -2.40. The average Bonchev–Trinajstić information content (AvgIpc) is 2.21. The van der Waals surface area contributed by atoms with Gasteiger partial charge in [0.25, 0.3) is 0 Å². The van der Waals surface area contributed by atoms with E-state index in [4.69, 9.17) is 20.3 Å². The Morgan fingerprint density at radius 3 is 2.67 bits per heavy atom. The van der Waals surface area contributed by atoms with Crippen LogP contribution in [-0.4, -0.2) is 43.2 Å². The van der Waals surface area contributed by atoms with Gasteiger partial charge in [0, 0.05) is 18.8 Å². The van der Waals surface area contributed by atoms with Crippen molar-refractivity contribution in [3.63, 3.8) is 0 Å². The third kappa shape index (κ3) is 8.81. The lowest BCUT2D eigenvalue weighted by molar-refractivity contribution is -0.00620. The molecule has 2 atom stereocenters. The Morgan fingerprint density at radius 1 is 1.47 bits per heavy atom. The van der Waals surface area contributed by atoms with Gasteiger partial charge in [0.2, 0.25) is 0 Å². The zero-order valence-electron chi connectivity index (χ0n) is 10.2. The summed E-state index contributed by atoms with van der Waals surface area (Å²) in [6.07, 6.45) is 1.76. The van der Waals surface area contributed by atoms with Gasteiger partial charge in [-0.05, 0) is 33.6 Å². The van der Waals surface area contributed by atoms with Gasteiger partial charge < -0.3 is 20.3 Å². The largest absolute Gasteiger partial charge is 0.394 e. The summed E-state index contributed by atoms with van der Waals surface area (Å²) in [5.74, 6) is 0. The lowest BCUT2D eigenvalue weighted by Gasteiger charge is -2.21. The number of aliphatic hydroxyl groups excluding tert-OH is 1. The van der Waals surface area contributed by atoms with Crippen molar-refractivity contribution < 1.29 is 14.6 Å². The van der Waals surface area contributed by atoms with Gasteiger partial charge in [0.1, 0.15) is 0 Å². The van der Waals surface area contributed by atoms with Crippen molar-refractivity contribution in [2.24, 2.45) is 5.73 Å². The molecule has 0 radical (unpaired) electrons. The number of hydrogen-bond donors (Lipinski definition) is 2. The zero-order valence-corrected chi connectivity index (χ0v) is 10.2. The van der Waals surface area contributed by atoms with Crippen molar-refractivity contribution in [3.05, 3.63) is 0 Å². The van der Waals surface area contributed by atoms with Gasteiger partial charge in [0.15, 0.2) is 0 Å². The normalized spacial score (nSPS) is 17.4. The fourth-order valence-corrected chi connectivity index (χ4v) is 1.17. The first-order chi connectivity index (χ1) is 7.02. The molecule has 0 aromatic heterocycles. The molecule has 2 unspecified atom stereocenters. The Bertz CT molecular complexity index is 151. The predicted octanol–water partition coefficient (Wildman–Crippen LogP) is 0.918. The number of rotatable bonds is 9. The number of hydrogen-bond acceptors (Lipinski definition) is 4.